The molecular weight excluding hydrogens is 428 g/mol. The van der Waals surface area contributed by atoms with Gasteiger partial charge in [0, 0.05) is 35.6 Å². The quantitative estimate of drug-likeness (QED) is 0.464. The second-order valence-electron chi connectivity index (χ2n) is 10.4. The van der Waals surface area contributed by atoms with Gasteiger partial charge in [-0.3, -0.25) is 9.59 Å². The number of carbonyl (C=O) groups is 1. The number of H-pyrrole nitrogens is 1. The SMILES string of the molecule is CNC(=O)c1[nH]c2ccccc2c(=O)c1-c1ccc(NCC2CC3(C)CCCC(C)(C2)N3)nn1. The maximum Gasteiger partial charge on any atom is 0.268 e. The maximum atomic E-state index is 13.3. The Kier molecular flexibility index (Phi) is 5.64. The first kappa shape index (κ1) is 22.5. The van der Waals surface area contributed by atoms with Crippen LogP contribution in [0, 0.1) is 5.92 Å². The fraction of sp³-hybridized carbons (Fsp3) is 0.462. The monoisotopic (exact) mass is 460 g/mol. The van der Waals surface area contributed by atoms with Gasteiger partial charge in [-0.2, -0.15) is 0 Å². The lowest BCUT2D eigenvalue weighted by atomic mass is 9.67. The molecule has 34 heavy (non-hydrogen) atoms. The van der Waals surface area contributed by atoms with E-state index in [1.54, 1.807) is 24.3 Å². The molecule has 2 bridgehead atoms. The number of para-hydroxylation sites is 1. The van der Waals surface area contributed by atoms with Crippen molar-refractivity contribution in [3.8, 4) is 11.3 Å². The Labute approximate surface area is 199 Å². The summed E-state index contributed by atoms with van der Waals surface area (Å²) in [7, 11) is 1.54. The van der Waals surface area contributed by atoms with Gasteiger partial charge in [0.1, 0.15) is 11.5 Å². The zero-order valence-electron chi connectivity index (χ0n) is 20.0. The third kappa shape index (κ3) is 4.18. The van der Waals surface area contributed by atoms with E-state index in [4.69, 9.17) is 0 Å². The van der Waals surface area contributed by atoms with Gasteiger partial charge in [-0.15, -0.1) is 10.2 Å². The van der Waals surface area contributed by atoms with Crippen LogP contribution in [0.2, 0.25) is 0 Å². The number of piperidine rings is 2. The third-order valence-electron chi connectivity index (χ3n) is 7.39. The van der Waals surface area contributed by atoms with Crippen LogP contribution in [0.4, 0.5) is 5.82 Å². The first-order chi connectivity index (χ1) is 16.3. The zero-order valence-corrected chi connectivity index (χ0v) is 20.0. The number of aromatic nitrogens is 3. The van der Waals surface area contributed by atoms with E-state index in [0.29, 0.717) is 28.3 Å². The van der Waals surface area contributed by atoms with Crippen molar-refractivity contribution in [3.05, 3.63) is 52.3 Å². The summed E-state index contributed by atoms with van der Waals surface area (Å²) in [5.74, 6) is 0.850. The molecule has 0 aliphatic carbocycles. The normalized spacial score (nSPS) is 26.3. The molecule has 1 aromatic carbocycles. The maximum absolute atomic E-state index is 13.3. The van der Waals surface area contributed by atoms with E-state index in [9.17, 15) is 9.59 Å². The molecule has 0 spiro atoms. The van der Waals surface area contributed by atoms with E-state index in [0.717, 1.165) is 19.4 Å². The second-order valence-corrected chi connectivity index (χ2v) is 10.4. The summed E-state index contributed by atoms with van der Waals surface area (Å²) in [4.78, 5) is 28.9. The van der Waals surface area contributed by atoms with Crippen LogP contribution in [0.15, 0.2) is 41.2 Å². The molecule has 178 valence electrons. The Morgan fingerprint density at radius 3 is 2.50 bits per heavy atom. The van der Waals surface area contributed by atoms with Gasteiger partial charge in [0.05, 0.1) is 11.3 Å². The van der Waals surface area contributed by atoms with E-state index >= 15 is 0 Å². The van der Waals surface area contributed by atoms with Crippen LogP contribution < -0.4 is 21.4 Å². The lowest BCUT2D eigenvalue weighted by Crippen LogP contribution is -2.63. The van der Waals surface area contributed by atoms with Crippen LogP contribution in [0.3, 0.4) is 0 Å². The summed E-state index contributed by atoms with van der Waals surface area (Å²) in [5, 5.41) is 19.1. The van der Waals surface area contributed by atoms with Crippen molar-refractivity contribution in [2.45, 2.75) is 57.0 Å². The Morgan fingerprint density at radius 2 is 1.82 bits per heavy atom. The van der Waals surface area contributed by atoms with Gasteiger partial charge in [0.25, 0.3) is 5.91 Å². The van der Waals surface area contributed by atoms with Gasteiger partial charge in [-0.1, -0.05) is 12.1 Å². The minimum atomic E-state index is -0.375. The van der Waals surface area contributed by atoms with Crippen LogP contribution in [-0.4, -0.2) is 45.8 Å². The predicted octanol–water partition coefficient (Wildman–Crippen LogP) is 3.46. The second kappa shape index (κ2) is 8.51. The number of carbonyl (C=O) groups excluding carboxylic acids is 1. The highest BCUT2D eigenvalue weighted by molar-refractivity contribution is 6.01. The van der Waals surface area contributed by atoms with Crippen molar-refractivity contribution < 1.29 is 4.79 Å². The fourth-order valence-corrected chi connectivity index (χ4v) is 6.10. The number of aromatic amines is 1. The number of benzene rings is 1. The molecule has 2 aliphatic heterocycles. The van der Waals surface area contributed by atoms with E-state index in [1.165, 1.54) is 26.3 Å². The smallest absolute Gasteiger partial charge is 0.268 e. The minimum absolute atomic E-state index is 0.184. The van der Waals surface area contributed by atoms with Gasteiger partial charge < -0.3 is 20.9 Å². The van der Waals surface area contributed by atoms with Crippen LogP contribution in [0.5, 0.6) is 0 Å². The highest BCUT2D eigenvalue weighted by atomic mass is 16.2. The van der Waals surface area contributed by atoms with Gasteiger partial charge >= 0.3 is 0 Å². The number of nitrogens with one attached hydrogen (secondary N) is 4. The molecule has 2 saturated heterocycles. The predicted molar refractivity (Wildman–Crippen MR) is 134 cm³/mol. The van der Waals surface area contributed by atoms with E-state index in [1.807, 2.05) is 12.1 Å². The van der Waals surface area contributed by atoms with Crippen LogP contribution in [0.1, 0.15) is 56.4 Å². The van der Waals surface area contributed by atoms with Crippen molar-refractivity contribution in [1.29, 1.82) is 0 Å². The van der Waals surface area contributed by atoms with Gasteiger partial charge in [-0.25, -0.2) is 0 Å². The average Bonchev–Trinajstić information content (AvgIpc) is 2.81. The van der Waals surface area contributed by atoms with Crippen molar-refractivity contribution in [2.24, 2.45) is 5.92 Å². The van der Waals surface area contributed by atoms with Crippen LogP contribution >= 0.6 is 0 Å². The minimum Gasteiger partial charge on any atom is -0.368 e. The molecule has 3 aromatic rings. The summed E-state index contributed by atoms with van der Waals surface area (Å²) in [6.45, 7) is 5.52. The Balaban J connectivity index is 1.38. The molecule has 2 aliphatic rings. The lowest BCUT2D eigenvalue weighted by Gasteiger charge is -2.53. The van der Waals surface area contributed by atoms with Gasteiger partial charge in [0.2, 0.25) is 0 Å². The zero-order chi connectivity index (χ0) is 23.9. The number of nitrogens with zero attached hydrogens (tertiary/aromatic N) is 2. The third-order valence-corrected chi connectivity index (χ3v) is 7.39. The fourth-order valence-electron chi connectivity index (χ4n) is 6.10. The number of rotatable bonds is 5. The molecule has 0 radical (unpaired) electrons. The molecule has 4 heterocycles. The number of anilines is 1. The summed E-state index contributed by atoms with van der Waals surface area (Å²) in [5.41, 5.74) is 1.56. The van der Waals surface area contributed by atoms with Crippen molar-refractivity contribution >= 4 is 22.6 Å². The molecule has 8 nitrogen and oxygen atoms in total. The molecule has 0 saturated carbocycles. The van der Waals surface area contributed by atoms with E-state index < -0.39 is 0 Å². The van der Waals surface area contributed by atoms with Gasteiger partial charge in [-0.05, 0) is 76.1 Å². The summed E-state index contributed by atoms with van der Waals surface area (Å²) < 4.78 is 0. The highest BCUT2D eigenvalue weighted by Gasteiger charge is 2.45. The highest BCUT2D eigenvalue weighted by Crippen LogP contribution is 2.42. The van der Waals surface area contributed by atoms with Gasteiger partial charge in [0.15, 0.2) is 5.43 Å². The van der Waals surface area contributed by atoms with Crippen LogP contribution in [-0.2, 0) is 0 Å². The number of hydrogen-bond donors (Lipinski definition) is 4. The summed E-state index contributed by atoms with van der Waals surface area (Å²) in [6, 6.07) is 10.7. The average molecular weight is 461 g/mol. The molecule has 2 aromatic heterocycles. The lowest BCUT2D eigenvalue weighted by molar-refractivity contribution is 0.0589. The first-order valence-electron chi connectivity index (χ1n) is 12.0. The summed E-state index contributed by atoms with van der Waals surface area (Å²) >= 11 is 0. The molecule has 2 unspecified atom stereocenters. The number of amides is 1. The first-order valence-corrected chi connectivity index (χ1v) is 12.0. The van der Waals surface area contributed by atoms with Crippen molar-refractivity contribution in [2.75, 3.05) is 18.9 Å². The van der Waals surface area contributed by atoms with E-state index in [-0.39, 0.29) is 33.7 Å². The number of fused-ring (bicyclic) bond motifs is 3. The molecule has 8 heteroatoms. The van der Waals surface area contributed by atoms with Crippen LogP contribution in [0.25, 0.3) is 22.2 Å². The Bertz CT molecular complexity index is 1270. The molecule has 4 N–H and O–H groups in total. The van der Waals surface area contributed by atoms with E-state index in [2.05, 4.69) is 45.0 Å². The molecular formula is C26H32N6O2. The topological polar surface area (TPSA) is 112 Å². The molecule has 2 atom stereocenters. The molecule has 1 amide bonds. The Morgan fingerprint density at radius 1 is 1.09 bits per heavy atom. The molecule has 5 rings (SSSR count). The standard InChI is InChI=1S/C26H32N6O2/c1-25-11-6-12-26(2,32-25)14-16(13-25)15-28-20-10-9-19(30-31-20)21-22(24(34)27-3)29-18-8-5-4-7-17(18)23(21)33/h4-5,7-10,16,32H,6,11-15H2,1-3H3,(H,27,34)(H,28,31)(H,29,33). The number of hydrogen-bond acceptors (Lipinski definition) is 6. The van der Waals surface area contributed by atoms with Crippen molar-refractivity contribution in [1.82, 2.24) is 25.8 Å². The largest absolute Gasteiger partial charge is 0.368 e. The molecule has 2 fully saturated rings. The van der Waals surface area contributed by atoms with Crippen molar-refractivity contribution in [3.63, 3.8) is 0 Å². The number of pyridine rings is 1. The Hall–Kier alpha value is -3.26. The summed E-state index contributed by atoms with van der Waals surface area (Å²) in [6.07, 6.45) is 6.02.